The average molecular weight is 532 g/mol. The predicted octanol–water partition coefficient (Wildman–Crippen LogP) is 3.58. The van der Waals surface area contributed by atoms with E-state index in [2.05, 4.69) is 15.3 Å². The molecule has 0 saturated heterocycles. The average Bonchev–Trinajstić information content (AvgIpc) is 2.81. The second-order valence-electron chi connectivity index (χ2n) is 7.93. The van der Waals surface area contributed by atoms with E-state index in [0.29, 0.717) is 17.5 Å². The van der Waals surface area contributed by atoms with Crippen molar-refractivity contribution >= 4 is 43.4 Å². The molecule has 2 aromatic carbocycles. The summed E-state index contributed by atoms with van der Waals surface area (Å²) in [5, 5.41) is 11.9. The Morgan fingerprint density at radius 3 is 2.39 bits per heavy atom. The van der Waals surface area contributed by atoms with Crippen LogP contribution in [0.5, 0.6) is 5.75 Å². The first kappa shape index (κ1) is 26.8. The Labute approximate surface area is 209 Å². The fraction of sp³-hybridized carbons (Fsp3) is 0.208. The minimum absolute atomic E-state index is 0.00184. The molecule has 0 radical (unpaired) electrons. The molecule has 3 rings (SSSR count). The number of benzene rings is 2. The topological polar surface area (TPSA) is 153 Å². The maximum Gasteiger partial charge on any atom is 0.331 e. The monoisotopic (exact) mass is 531 g/mol. The van der Waals surface area contributed by atoms with Crippen LogP contribution in [0.2, 0.25) is 0 Å². The van der Waals surface area contributed by atoms with Gasteiger partial charge in [0.05, 0.1) is 12.0 Å². The van der Waals surface area contributed by atoms with Crippen LogP contribution in [0.15, 0.2) is 64.2 Å². The van der Waals surface area contributed by atoms with Gasteiger partial charge in [-0.3, -0.25) is 0 Å². The Bertz CT molecular complexity index is 1560. The highest BCUT2D eigenvalue weighted by Gasteiger charge is 2.20. The first-order valence-corrected chi connectivity index (χ1v) is 14.4. The van der Waals surface area contributed by atoms with E-state index in [4.69, 9.17) is 4.74 Å². The molecule has 0 spiro atoms. The number of carboxylic acid groups (broad SMARTS) is 1. The largest absolute Gasteiger partial charge is 0.497 e. The molecule has 0 aliphatic rings. The lowest BCUT2D eigenvalue weighted by atomic mass is 10.0. The quantitative estimate of drug-likeness (QED) is 0.309. The minimum Gasteiger partial charge on any atom is -0.497 e. The van der Waals surface area contributed by atoms with Gasteiger partial charge in [0.25, 0.3) is 0 Å². The number of carboxylic acids is 1. The van der Waals surface area contributed by atoms with E-state index < -0.39 is 25.6 Å². The zero-order valence-corrected chi connectivity index (χ0v) is 21.6. The molecule has 1 heterocycles. The molecular formula is C24H25N3O7S2. The summed E-state index contributed by atoms with van der Waals surface area (Å²) in [6.45, 7) is 1.73. The zero-order chi connectivity index (χ0) is 26.7. The molecule has 190 valence electrons. The smallest absolute Gasteiger partial charge is 0.331 e. The summed E-state index contributed by atoms with van der Waals surface area (Å²) in [5.41, 5.74) is 1.79. The summed E-state index contributed by atoms with van der Waals surface area (Å²) in [7, 11) is -5.97. The van der Waals surface area contributed by atoms with Crippen molar-refractivity contribution in [3.05, 3.63) is 59.8 Å². The van der Waals surface area contributed by atoms with Crippen LogP contribution in [-0.4, -0.2) is 57.5 Å². The summed E-state index contributed by atoms with van der Waals surface area (Å²) in [5.74, 6) is -0.824. The summed E-state index contributed by atoms with van der Waals surface area (Å²) in [6, 6.07) is 11.0. The molecule has 0 bridgehead atoms. The van der Waals surface area contributed by atoms with Crippen LogP contribution >= 0.6 is 0 Å². The third kappa shape index (κ3) is 6.46. The summed E-state index contributed by atoms with van der Waals surface area (Å²) in [4.78, 5) is 19.8. The van der Waals surface area contributed by atoms with Gasteiger partial charge in [-0.1, -0.05) is 25.1 Å². The number of methoxy groups -OCH3 is 1. The Morgan fingerprint density at radius 1 is 1.08 bits per heavy atom. The Hall–Kier alpha value is -3.77. The summed E-state index contributed by atoms with van der Waals surface area (Å²) in [6.07, 6.45) is 5.25. The number of nitrogens with zero attached hydrogens (tertiary/aromatic N) is 2. The van der Waals surface area contributed by atoms with Crippen LogP contribution in [0.4, 0.5) is 11.6 Å². The fourth-order valence-corrected chi connectivity index (χ4v) is 4.82. The highest BCUT2D eigenvalue weighted by atomic mass is 32.2. The van der Waals surface area contributed by atoms with Crippen molar-refractivity contribution in [2.45, 2.75) is 23.3 Å². The molecule has 12 heteroatoms. The van der Waals surface area contributed by atoms with Gasteiger partial charge in [0.2, 0.25) is 5.95 Å². The number of aliphatic carboxylic acids is 1. The number of hydrogen-bond donors (Lipinski definition) is 2. The molecule has 3 aromatic rings. The lowest BCUT2D eigenvalue weighted by molar-refractivity contribution is -0.132. The second kappa shape index (κ2) is 10.5. The Balaban J connectivity index is 2.08. The third-order valence-corrected chi connectivity index (χ3v) is 7.20. The van der Waals surface area contributed by atoms with E-state index in [0.717, 1.165) is 12.5 Å². The first-order chi connectivity index (χ1) is 16.8. The number of ether oxygens (including phenoxy) is 1. The normalized spacial score (nSPS) is 12.3. The summed E-state index contributed by atoms with van der Waals surface area (Å²) < 4.78 is 54.4. The maximum atomic E-state index is 12.6. The van der Waals surface area contributed by atoms with Gasteiger partial charge in [-0.25, -0.2) is 31.6 Å². The van der Waals surface area contributed by atoms with Crippen LogP contribution in [0, 0.1) is 0 Å². The van der Waals surface area contributed by atoms with Gasteiger partial charge in [0.1, 0.15) is 5.75 Å². The van der Waals surface area contributed by atoms with Crippen molar-refractivity contribution in [3.63, 3.8) is 0 Å². The van der Waals surface area contributed by atoms with Gasteiger partial charge in [-0.05, 0) is 41.8 Å². The molecule has 1 aromatic heterocycles. The van der Waals surface area contributed by atoms with Gasteiger partial charge in [-0.15, -0.1) is 0 Å². The van der Waals surface area contributed by atoms with Gasteiger partial charge >= 0.3 is 5.97 Å². The second-order valence-corrected chi connectivity index (χ2v) is 11.9. The SMILES string of the molecule is CCC(=Cc1cccc(-c2cnc(Nc3cc(OC)cc(S(C)(=O)=O)c3)nc2S(C)(=O)=O)c1)C(=O)O. The lowest BCUT2D eigenvalue weighted by Gasteiger charge is -2.12. The molecule has 0 unspecified atom stereocenters. The molecule has 36 heavy (non-hydrogen) atoms. The highest BCUT2D eigenvalue weighted by molar-refractivity contribution is 7.91. The van der Waals surface area contributed by atoms with Crippen LogP contribution in [-0.2, 0) is 24.5 Å². The molecule has 0 aliphatic heterocycles. The molecule has 0 fully saturated rings. The standard InChI is InChI=1S/C24H25N3O7S2/c1-5-16(23(28)29)9-15-7-6-8-17(10-15)21-14-25-24(27-22(21)36(4,32)33)26-18-11-19(34-2)13-20(12-18)35(3,30)31/h6-14H,5H2,1-4H3,(H,28,29)(H,25,26,27). The van der Waals surface area contributed by atoms with Gasteiger partial charge < -0.3 is 15.2 Å². The number of anilines is 2. The number of rotatable bonds is 9. The number of nitrogens with one attached hydrogen (secondary N) is 1. The lowest BCUT2D eigenvalue weighted by Crippen LogP contribution is -2.08. The molecule has 0 saturated carbocycles. The van der Waals surface area contributed by atoms with E-state index in [1.807, 2.05) is 0 Å². The van der Waals surface area contributed by atoms with Gasteiger partial charge in [0.15, 0.2) is 24.7 Å². The number of hydrogen-bond acceptors (Lipinski definition) is 9. The maximum absolute atomic E-state index is 12.6. The van der Waals surface area contributed by atoms with Crippen molar-refractivity contribution in [3.8, 4) is 16.9 Å². The Morgan fingerprint density at radius 2 is 1.81 bits per heavy atom. The van der Waals surface area contributed by atoms with E-state index in [1.54, 1.807) is 31.2 Å². The van der Waals surface area contributed by atoms with Crippen molar-refractivity contribution < 1.29 is 31.5 Å². The van der Waals surface area contributed by atoms with Crippen molar-refractivity contribution in [1.82, 2.24) is 9.97 Å². The van der Waals surface area contributed by atoms with Crippen molar-refractivity contribution in [1.29, 1.82) is 0 Å². The van der Waals surface area contributed by atoms with E-state index in [-0.39, 0.29) is 38.4 Å². The first-order valence-electron chi connectivity index (χ1n) is 10.6. The molecule has 0 amide bonds. The molecule has 0 atom stereocenters. The van der Waals surface area contributed by atoms with Gasteiger partial charge in [0, 0.05) is 41.6 Å². The van der Waals surface area contributed by atoms with Crippen LogP contribution in [0.25, 0.3) is 17.2 Å². The fourth-order valence-electron chi connectivity index (χ4n) is 3.32. The third-order valence-electron chi connectivity index (χ3n) is 5.10. The van der Waals surface area contributed by atoms with Crippen molar-refractivity contribution in [2.75, 3.05) is 24.9 Å². The molecule has 10 nitrogen and oxygen atoms in total. The zero-order valence-electron chi connectivity index (χ0n) is 20.0. The summed E-state index contributed by atoms with van der Waals surface area (Å²) >= 11 is 0. The molecule has 0 aliphatic carbocycles. The molecular weight excluding hydrogens is 506 g/mol. The van der Waals surface area contributed by atoms with E-state index in [1.165, 1.54) is 37.6 Å². The number of sulfone groups is 2. The van der Waals surface area contributed by atoms with Crippen molar-refractivity contribution in [2.24, 2.45) is 0 Å². The van der Waals surface area contributed by atoms with Gasteiger partial charge in [-0.2, -0.15) is 0 Å². The van der Waals surface area contributed by atoms with Crippen LogP contribution in [0.3, 0.4) is 0 Å². The van der Waals surface area contributed by atoms with E-state index in [9.17, 15) is 26.7 Å². The number of aromatic nitrogens is 2. The number of carbonyl (C=O) groups is 1. The predicted molar refractivity (Wildman–Crippen MR) is 136 cm³/mol. The Kier molecular flexibility index (Phi) is 7.80. The minimum atomic E-state index is -3.82. The van der Waals surface area contributed by atoms with Crippen LogP contribution in [0.1, 0.15) is 18.9 Å². The van der Waals surface area contributed by atoms with E-state index >= 15 is 0 Å². The highest BCUT2D eigenvalue weighted by Crippen LogP contribution is 2.30. The van der Waals surface area contributed by atoms with Crippen LogP contribution < -0.4 is 10.1 Å². The molecule has 2 N–H and O–H groups in total.